The minimum Gasteiger partial charge on any atom is -0.462 e. The fourth-order valence-electron chi connectivity index (χ4n) is 2.61. The van der Waals surface area contributed by atoms with Gasteiger partial charge in [0.05, 0.1) is 32.8 Å². The van der Waals surface area contributed by atoms with E-state index in [-0.39, 0.29) is 28.3 Å². The number of nitrogens with zero attached hydrogens (tertiary/aromatic N) is 3. The highest BCUT2D eigenvalue weighted by atomic mass is 35.5. The molecule has 9 nitrogen and oxygen atoms in total. The first-order valence-corrected chi connectivity index (χ1v) is 10.3. The monoisotopic (exact) mass is 475 g/mol. The Balaban J connectivity index is 1.84. The van der Waals surface area contributed by atoms with Gasteiger partial charge in [0, 0.05) is 5.69 Å². The van der Waals surface area contributed by atoms with Crippen molar-refractivity contribution in [3.05, 3.63) is 74.5 Å². The van der Waals surface area contributed by atoms with Crippen molar-refractivity contribution in [3.8, 4) is 0 Å². The number of hydrogen-bond donors (Lipinski definition) is 2. The second kappa shape index (κ2) is 10.3. The molecule has 1 aromatic heterocycles. The van der Waals surface area contributed by atoms with E-state index in [1.807, 2.05) is 13.8 Å². The molecule has 0 aliphatic rings. The number of benzene rings is 2. The van der Waals surface area contributed by atoms with Crippen LogP contribution in [0.3, 0.4) is 0 Å². The average molecular weight is 476 g/mol. The van der Waals surface area contributed by atoms with Gasteiger partial charge in [0.2, 0.25) is 11.6 Å². The summed E-state index contributed by atoms with van der Waals surface area (Å²) in [6.07, 6.45) is 1.17. The van der Waals surface area contributed by atoms with Gasteiger partial charge < -0.3 is 15.4 Å². The summed E-state index contributed by atoms with van der Waals surface area (Å²) in [6.45, 7) is 4.20. The Labute approximate surface area is 193 Å². The lowest BCUT2D eigenvalue weighted by atomic mass is 10.2. The number of hydrogen-bond acceptors (Lipinski definition) is 8. The van der Waals surface area contributed by atoms with Crippen LogP contribution in [0.1, 0.15) is 24.2 Å². The maximum atomic E-state index is 12.1. The molecule has 0 saturated heterocycles. The van der Waals surface area contributed by atoms with Gasteiger partial charge in [0.1, 0.15) is 6.33 Å². The highest BCUT2D eigenvalue weighted by molar-refractivity contribution is 6.43. The smallest absolute Gasteiger partial charge is 0.353 e. The number of carbonyl (C=O) groups is 1. The van der Waals surface area contributed by atoms with Crippen LogP contribution < -0.4 is 10.6 Å². The fourth-order valence-corrected chi connectivity index (χ4v) is 2.96. The molecule has 0 saturated carbocycles. The largest absolute Gasteiger partial charge is 0.462 e. The molecule has 0 unspecified atom stereocenters. The lowest BCUT2D eigenvalue weighted by Gasteiger charge is -2.12. The summed E-state index contributed by atoms with van der Waals surface area (Å²) >= 11 is 12.2. The number of rotatable bonds is 8. The molecule has 1 heterocycles. The van der Waals surface area contributed by atoms with Crippen molar-refractivity contribution in [2.24, 2.45) is 5.92 Å². The van der Waals surface area contributed by atoms with Crippen LogP contribution in [0, 0.1) is 16.0 Å². The van der Waals surface area contributed by atoms with E-state index in [0.717, 1.165) is 0 Å². The van der Waals surface area contributed by atoms with Crippen LogP contribution in [0.4, 0.5) is 28.7 Å². The van der Waals surface area contributed by atoms with E-state index in [2.05, 4.69) is 20.6 Å². The average Bonchev–Trinajstić information content (AvgIpc) is 2.75. The second-order valence-electron chi connectivity index (χ2n) is 7.10. The third-order valence-electron chi connectivity index (χ3n) is 4.14. The molecule has 0 atom stereocenters. The zero-order valence-electron chi connectivity index (χ0n) is 17.1. The van der Waals surface area contributed by atoms with Crippen molar-refractivity contribution in [1.82, 2.24) is 9.97 Å². The normalized spacial score (nSPS) is 10.7. The summed E-state index contributed by atoms with van der Waals surface area (Å²) in [7, 11) is 0. The predicted octanol–water partition coefficient (Wildman–Crippen LogP) is 5.99. The van der Waals surface area contributed by atoms with Crippen LogP contribution >= 0.6 is 23.2 Å². The van der Waals surface area contributed by atoms with Crippen LogP contribution in [0.2, 0.25) is 10.0 Å². The molecule has 0 bridgehead atoms. The van der Waals surface area contributed by atoms with Gasteiger partial charge >= 0.3 is 11.7 Å². The van der Waals surface area contributed by atoms with E-state index in [0.29, 0.717) is 28.6 Å². The molecule has 0 aliphatic heterocycles. The Hall–Kier alpha value is -3.43. The molecule has 0 amide bonds. The summed E-state index contributed by atoms with van der Waals surface area (Å²) in [5, 5.41) is 18.0. The first kappa shape index (κ1) is 23.2. The van der Waals surface area contributed by atoms with Crippen molar-refractivity contribution < 1.29 is 14.5 Å². The first-order chi connectivity index (χ1) is 15.3. The molecule has 0 radical (unpaired) electrons. The summed E-state index contributed by atoms with van der Waals surface area (Å²) in [5.74, 6) is -0.322. The van der Waals surface area contributed by atoms with E-state index in [1.54, 1.807) is 42.5 Å². The van der Waals surface area contributed by atoms with Gasteiger partial charge in [-0.3, -0.25) is 10.1 Å². The number of nitrogens with one attached hydrogen (secondary N) is 2. The number of anilines is 4. The van der Waals surface area contributed by atoms with E-state index < -0.39 is 10.9 Å². The van der Waals surface area contributed by atoms with Crippen LogP contribution in [0.5, 0.6) is 0 Å². The van der Waals surface area contributed by atoms with Crippen LogP contribution in [0.15, 0.2) is 48.8 Å². The van der Waals surface area contributed by atoms with Crippen LogP contribution in [-0.4, -0.2) is 27.5 Å². The van der Waals surface area contributed by atoms with Gasteiger partial charge in [0.15, 0.2) is 0 Å². The maximum absolute atomic E-state index is 12.1. The molecule has 0 fully saturated rings. The van der Waals surface area contributed by atoms with Gasteiger partial charge in [0.25, 0.3) is 0 Å². The third-order valence-corrected chi connectivity index (χ3v) is 4.96. The summed E-state index contributed by atoms with van der Waals surface area (Å²) in [5.41, 5.74) is 0.824. The zero-order valence-corrected chi connectivity index (χ0v) is 18.6. The number of esters is 1. The van der Waals surface area contributed by atoms with Crippen molar-refractivity contribution >= 4 is 57.9 Å². The van der Waals surface area contributed by atoms with Gasteiger partial charge in [-0.05, 0) is 42.3 Å². The van der Waals surface area contributed by atoms with E-state index in [1.165, 1.54) is 6.33 Å². The van der Waals surface area contributed by atoms with Gasteiger partial charge in [-0.15, -0.1) is 0 Å². The molecule has 166 valence electrons. The molecular formula is C21H19Cl2N5O4. The van der Waals surface area contributed by atoms with Crippen LogP contribution in [-0.2, 0) is 4.74 Å². The molecule has 3 rings (SSSR count). The Morgan fingerprint density at radius 1 is 1.09 bits per heavy atom. The van der Waals surface area contributed by atoms with Crippen molar-refractivity contribution in [3.63, 3.8) is 0 Å². The summed E-state index contributed by atoms with van der Waals surface area (Å²) in [6, 6.07) is 11.2. The van der Waals surface area contributed by atoms with E-state index >= 15 is 0 Å². The van der Waals surface area contributed by atoms with Gasteiger partial charge in [-0.25, -0.2) is 14.8 Å². The standard InChI is InChI=1S/C21H19Cl2N5O4/c1-12(2)10-32-21(29)13-6-8-14(9-7-13)26-19-18(28(30)31)20(25-11-24-19)27-16-5-3-4-15(22)17(16)23/h3-9,11-12H,10H2,1-2H3,(H2,24,25,26,27). The Kier molecular flexibility index (Phi) is 7.45. The zero-order chi connectivity index (χ0) is 23.3. The topological polar surface area (TPSA) is 119 Å². The molecule has 0 spiro atoms. The Morgan fingerprint density at radius 2 is 1.75 bits per heavy atom. The Morgan fingerprint density at radius 3 is 2.38 bits per heavy atom. The maximum Gasteiger partial charge on any atom is 0.353 e. The first-order valence-electron chi connectivity index (χ1n) is 9.51. The molecular weight excluding hydrogens is 457 g/mol. The lowest BCUT2D eigenvalue weighted by molar-refractivity contribution is -0.383. The van der Waals surface area contributed by atoms with Gasteiger partial charge in [-0.2, -0.15) is 0 Å². The number of carbonyl (C=O) groups excluding carboxylic acids is 1. The van der Waals surface area contributed by atoms with Crippen molar-refractivity contribution in [2.75, 3.05) is 17.2 Å². The number of aromatic nitrogens is 2. The molecule has 0 aliphatic carbocycles. The fraction of sp³-hybridized carbons (Fsp3) is 0.190. The highest BCUT2D eigenvalue weighted by Gasteiger charge is 2.24. The lowest BCUT2D eigenvalue weighted by Crippen LogP contribution is -2.10. The molecule has 2 N–H and O–H groups in total. The number of nitro groups is 1. The molecule has 3 aromatic rings. The van der Waals surface area contributed by atoms with Gasteiger partial charge in [-0.1, -0.05) is 43.1 Å². The van der Waals surface area contributed by atoms with Crippen molar-refractivity contribution in [1.29, 1.82) is 0 Å². The quantitative estimate of drug-likeness (QED) is 0.231. The number of ether oxygens (including phenoxy) is 1. The minimum atomic E-state index is -0.610. The summed E-state index contributed by atoms with van der Waals surface area (Å²) < 4.78 is 5.19. The SMILES string of the molecule is CC(C)COC(=O)c1ccc(Nc2ncnc(Nc3cccc(Cl)c3Cl)c2[N+](=O)[O-])cc1. The van der Waals surface area contributed by atoms with Crippen molar-refractivity contribution in [2.45, 2.75) is 13.8 Å². The molecule has 2 aromatic carbocycles. The molecule has 32 heavy (non-hydrogen) atoms. The Bertz CT molecular complexity index is 1140. The molecule has 11 heteroatoms. The number of halogens is 2. The minimum absolute atomic E-state index is 0.0409. The summed E-state index contributed by atoms with van der Waals surface area (Å²) in [4.78, 5) is 31.2. The predicted molar refractivity (Wildman–Crippen MR) is 123 cm³/mol. The highest BCUT2D eigenvalue weighted by Crippen LogP contribution is 2.36. The van der Waals surface area contributed by atoms with E-state index in [4.69, 9.17) is 27.9 Å². The second-order valence-corrected chi connectivity index (χ2v) is 7.88. The van der Waals surface area contributed by atoms with E-state index in [9.17, 15) is 14.9 Å². The third kappa shape index (κ3) is 5.63. The van der Waals surface area contributed by atoms with Crippen LogP contribution in [0.25, 0.3) is 0 Å².